The fourth-order valence-electron chi connectivity index (χ4n) is 5.37. The van der Waals surface area contributed by atoms with Gasteiger partial charge in [0.05, 0.1) is 28.7 Å². The highest BCUT2D eigenvalue weighted by Gasteiger charge is 2.42. The molecule has 0 radical (unpaired) electrons. The Hall–Kier alpha value is -2.22. The molecule has 166 valence electrons. The molecule has 3 aliphatic rings. The molecule has 1 saturated carbocycles. The van der Waals surface area contributed by atoms with Crippen LogP contribution in [0.25, 0.3) is 11.0 Å². The molecule has 1 aliphatic carbocycles. The molecule has 2 aliphatic heterocycles. The Labute approximate surface area is 187 Å². The van der Waals surface area contributed by atoms with E-state index >= 15 is 0 Å². The number of fused-ring (bicyclic) bond motifs is 4. The van der Waals surface area contributed by atoms with E-state index < -0.39 is 0 Å². The predicted octanol–water partition coefficient (Wildman–Crippen LogP) is 3.48. The summed E-state index contributed by atoms with van der Waals surface area (Å²) in [6.45, 7) is 7.65. The molecular formula is C23H29ClN4O3. The number of furan rings is 1. The van der Waals surface area contributed by atoms with E-state index in [0.717, 1.165) is 66.8 Å². The first-order valence-corrected chi connectivity index (χ1v) is 11.5. The van der Waals surface area contributed by atoms with Crippen LogP contribution in [0.2, 0.25) is 5.02 Å². The highest BCUT2D eigenvalue weighted by atomic mass is 35.5. The number of anilines is 1. The van der Waals surface area contributed by atoms with Gasteiger partial charge in [-0.3, -0.25) is 9.69 Å². The van der Waals surface area contributed by atoms with Crippen molar-refractivity contribution >= 4 is 34.2 Å². The van der Waals surface area contributed by atoms with Crippen LogP contribution in [0.5, 0.6) is 0 Å². The average molecular weight is 445 g/mol. The standard InChI is InChI=1S/C23H29ClN4O3/c1-15-25-20-17(24)13-16-14-18(22(30)28-9-7-27(8-10-28)11-12-29)31-21(16)19(20)23(26-15)5-3-2-4-6-23/h13-14,25-26,29H,1-12H2. The Morgan fingerprint density at radius 2 is 1.94 bits per heavy atom. The first-order valence-electron chi connectivity index (χ1n) is 11.1. The van der Waals surface area contributed by atoms with Gasteiger partial charge in [0.1, 0.15) is 5.58 Å². The Morgan fingerprint density at radius 3 is 2.65 bits per heavy atom. The zero-order chi connectivity index (χ0) is 21.6. The van der Waals surface area contributed by atoms with Crippen molar-refractivity contribution in [3.63, 3.8) is 0 Å². The topological polar surface area (TPSA) is 81.0 Å². The number of rotatable bonds is 3. The number of halogens is 1. The third-order valence-corrected chi connectivity index (χ3v) is 7.20. The summed E-state index contributed by atoms with van der Waals surface area (Å²) in [5.74, 6) is 1.01. The maximum absolute atomic E-state index is 13.2. The maximum Gasteiger partial charge on any atom is 0.289 e. The molecule has 0 unspecified atom stereocenters. The Bertz CT molecular complexity index is 1020. The van der Waals surface area contributed by atoms with E-state index in [1.54, 1.807) is 0 Å². The fraction of sp³-hybridized carbons (Fsp3) is 0.522. The van der Waals surface area contributed by atoms with Crippen LogP contribution in [0.15, 0.2) is 28.9 Å². The van der Waals surface area contributed by atoms with Crippen molar-refractivity contribution in [3.05, 3.63) is 40.9 Å². The van der Waals surface area contributed by atoms with Gasteiger partial charge in [0.25, 0.3) is 5.91 Å². The second-order valence-corrected chi connectivity index (χ2v) is 9.27. The molecule has 2 aromatic rings. The first-order chi connectivity index (χ1) is 15.0. The molecule has 1 aromatic carbocycles. The van der Waals surface area contributed by atoms with Gasteiger partial charge in [-0.25, -0.2) is 0 Å². The normalized spacial score (nSPS) is 21.1. The molecule has 0 atom stereocenters. The minimum absolute atomic E-state index is 0.0939. The van der Waals surface area contributed by atoms with Crippen molar-refractivity contribution in [1.82, 2.24) is 15.1 Å². The zero-order valence-electron chi connectivity index (χ0n) is 17.7. The number of benzene rings is 1. The van der Waals surface area contributed by atoms with Crippen LogP contribution >= 0.6 is 11.6 Å². The third kappa shape index (κ3) is 3.58. The number of amides is 1. The molecule has 0 bridgehead atoms. The van der Waals surface area contributed by atoms with Gasteiger partial charge in [-0.1, -0.05) is 37.4 Å². The van der Waals surface area contributed by atoms with E-state index in [0.29, 0.717) is 30.4 Å². The molecule has 1 aromatic heterocycles. The Morgan fingerprint density at radius 1 is 1.19 bits per heavy atom. The van der Waals surface area contributed by atoms with Crippen molar-refractivity contribution in [2.24, 2.45) is 0 Å². The summed E-state index contributed by atoms with van der Waals surface area (Å²) in [6, 6.07) is 3.70. The SMILES string of the molecule is C=C1Nc2c(Cl)cc3cc(C(=O)N4CCN(CCO)CC4)oc3c2C2(CCCCC2)N1. The summed E-state index contributed by atoms with van der Waals surface area (Å²) in [6.07, 6.45) is 5.42. The van der Waals surface area contributed by atoms with E-state index in [4.69, 9.17) is 21.1 Å². The average Bonchev–Trinajstić information content (AvgIpc) is 3.18. The van der Waals surface area contributed by atoms with E-state index in [-0.39, 0.29) is 18.1 Å². The molecule has 5 rings (SSSR count). The number of carbonyl (C=O) groups is 1. The first kappa shape index (κ1) is 20.7. The minimum atomic E-state index is -0.271. The van der Waals surface area contributed by atoms with Crippen molar-refractivity contribution < 1.29 is 14.3 Å². The van der Waals surface area contributed by atoms with E-state index in [9.17, 15) is 4.79 Å². The van der Waals surface area contributed by atoms with Crippen molar-refractivity contribution in [1.29, 1.82) is 0 Å². The monoisotopic (exact) mass is 444 g/mol. The van der Waals surface area contributed by atoms with Crippen molar-refractivity contribution in [2.75, 3.05) is 44.6 Å². The molecule has 3 heterocycles. The van der Waals surface area contributed by atoms with Crippen LogP contribution in [-0.2, 0) is 5.54 Å². The van der Waals surface area contributed by atoms with Gasteiger partial charge in [-0.2, -0.15) is 0 Å². The van der Waals surface area contributed by atoms with Crippen LogP contribution in [-0.4, -0.2) is 60.1 Å². The van der Waals surface area contributed by atoms with Gasteiger partial charge in [-0.15, -0.1) is 0 Å². The number of hydrogen-bond acceptors (Lipinski definition) is 6. The van der Waals surface area contributed by atoms with Crippen LogP contribution in [0.1, 0.15) is 48.2 Å². The molecule has 2 fully saturated rings. The number of carbonyl (C=O) groups excluding carboxylic acids is 1. The van der Waals surface area contributed by atoms with Gasteiger partial charge in [0, 0.05) is 43.7 Å². The molecule has 1 amide bonds. The molecule has 1 spiro atoms. The summed E-state index contributed by atoms with van der Waals surface area (Å²) in [7, 11) is 0. The molecule has 7 nitrogen and oxygen atoms in total. The van der Waals surface area contributed by atoms with Gasteiger partial charge in [0.15, 0.2) is 5.76 Å². The number of β-amino-alcohol motifs (C(OH)–C–C–N with tert-alkyl or cyclic N) is 1. The van der Waals surface area contributed by atoms with Crippen molar-refractivity contribution in [2.45, 2.75) is 37.6 Å². The second kappa shape index (κ2) is 8.04. The van der Waals surface area contributed by atoms with Gasteiger partial charge in [0.2, 0.25) is 0 Å². The third-order valence-electron chi connectivity index (χ3n) is 6.90. The Balaban J connectivity index is 1.52. The lowest BCUT2D eigenvalue weighted by molar-refractivity contribution is 0.0587. The predicted molar refractivity (Wildman–Crippen MR) is 121 cm³/mol. The lowest BCUT2D eigenvalue weighted by atomic mass is 9.74. The smallest absolute Gasteiger partial charge is 0.289 e. The highest BCUT2D eigenvalue weighted by molar-refractivity contribution is 6.34. The highest BCUT2D eigenvalue weighted by Crippen LogP contribution is 2.49. The molecule has 31 heavy (non-hydrogen) atoms. The summed E-state index contributed by atoms with van der Waals surface area (Å²) in [5, 5.41) is 17.5. The van der Waals surface area contributed by atoms with E-state index in [1.807, 2.05) is 17.0 Å². The maximum atomic E-state index is 13.2. The molecule has 3 N–H and O–H groups in total. The minimum Gasteiger partial charge on any atom is -0.450 e. The van der Waals surface area contributed by atoms with Gasteiger partial charge >= 0.3 is 0 Å². The van der Waals surface area contributed by atoms with Gasteiger partial charge < -0.3 is 25.1 Å². The number of nitrogens with zero attached hydrogens (tertiary/aromatic N) is 2. The van der Waals surface area contributed by atoms with Gasteiger partial charge in [-0.05, 0) is 25.0 Å². The number of nitrogens with one attached hydrogen (secondary N) is 2. The summed E-state index contributed by atoms with van der Waals surface area (Å²) in [5.41, 5.74) is 2.32. The molecule has 1 saturated heterocycles. The lowest BCUT2D eigenvalue weighted by Gasteiger charge is -2.44. The quantitative estimate of drug-likeness (QED) is 0.672. The number of piperazine rings is 1. The fourth-order valence-corrected chi connectivity index (χ4v) is 5.63. The number of aliphatic hydroxyl groups is 1. The molecular weight excluding hydrogens is 416 g/mol. The van der Waals surface area contributed by atoms with Crippen LogP contribution in [0, 0.1) is 0 Å². The summed E-state index contributed by atoms with van der Waals surface area (Å²) in [4.78, 5) is 17.2. The lowest BCUT2D eigenvalue weighted by Crippen LogP contribution is -2.49. The number of aliphatic hydroxyl groups excluding tert-OH is 1. The summed E-state index contributed by atoms with van der Waals surface area (Å²) >= 11 is 6.68. The van der Waals surface area contributed by atoms with Crippen LogP contribution in [0.4, 0.5) is 5.69 Å². The van der Waals surface area contributed by atoms with Crippen LogP contribution in [0.3, 0.4) is 0 Å². The van der Waals surface area contributed by atoms with Crippen LogP contribution < -0.4 is 10.6 Å². The van der Waals surface area contributed by atoms with E-state index in [2.05, 4.69) is 22.1 Å². The summed E-state index contributed by atoms with van der Waals surface area (Å²) < 4.78 is 6.26. The molecule has 8 heteroatoms. The number of hydrogen-bond donors (Lipinski definition) is 3. The Kier molecular flexibility index (Phi) is 5.36. The second-order valence-electron chi connectivity index (χ2n) is 8.87. The van der Waals surface area contributed by atoms with Crippen molar-refractivity contribution in [3.8, 4) is 0 Å². The largest absolute Gasteiger partial charge is 0.450 e. The van der Waals surface area contributed by atoms with E-state index in [1.165, 1.54) is 6.42 Å². The zero-order valence-corrected chi connectivity index (χ0v) is 18.4.